The summed E-state index contributed by atoms with van der Waals surface area (Å²) in [5.41, 5.74) is 0.359. The van der Waals surface area contributed by atoms with E-state index in [1.54, 1.807) is 16.8 Å². The lowest BCUT2D eigenvalue weighted by Crippen LogP contribution is -2.50. The smallest absolute Gasteiger partial charge is 0.433 e. The molecule has 1 saturated heterocycles. The van der Waals surface area contributed by atoms with Crippen LogP contribution in [0.5, 0.6) is 0 Å². The van der Waals surface area contributed by atoms with Crippen molar-refractivity contribution in [2.24, 2.45) is 28.2 Å². The summed E-state index contributed by atoms with van der Waals surface area (Å²) in [7, 11) is 1.72. The van der Waals surface area contributed by atoms with Crippen molar-refractivity contribution in [3.05, 3.63) is 35.9 Å². The average Bonchev–Trinajstić information content (AvgIpc) is 3.37. The van der Waals surface area contributed by atoms with E-state index in [0.29, 0.717) is 38.3 Å². The number of ketones is 1. The molecule has 2 rings (SSSR count). The number of Topliss-reactive ketones (excluding diaryl/α,β-unsaturated/α-hetero) is 1. The van der Waals surface area contributed by atoms with E-state index in [0.717, 1.165) is 18.4 Å². The molecule has 0 aromatic heterocycles. The van der Waals surface area contributed by atoms with Crippen LogP contribution in [0.25, 0.3) is 0 Å². The number of carbonyl (C=O) groups excluding carboxylic acids is 4. The number of hydrogen-bond donors (Lipinski definition) is 0. The molecule has 1 fully saturated rings. The summed E-state index contributed by atoms with van der Waals surface area (Å²) in [4.78, 5) is 59.5. The summed E-state index contributed by atoms with van der Waals surface area (Å²) >= 11 is 0. The first-order valence-electron chi connectivity index (χ1n) is 14.2. The fourth-order valence-corrected chi connectivity index (χ4v) is 5.10. The quantitative estimate of drug-likeness (QED) is 0.324. The maximum Gasteiger partial charge on any atom is 0.433 e. The van der Waals surface area contributed by atoms with Gasteiger partial charge >= 0.3 is 6.09 Å². The van der Waals surface area contributed by atoms with E-state index in [1.165, 1.54) is 6.21 Å². The van der Waals surface area contributed by atoms with Gasteiger partial charge in [0, 0.05) is 37.7 Å². The van der Waals surface area contributed by atoms with Crippen molar-refractivity contribution in [1.29, 1.82) is 0 Å². The fourth-order valence-electron chi connectivity index (χ4n) is 5.10. The predicted octanol–water partition coefficient (Wildman–Crippen LogP) is 5.54. The van der Waals surface area contributed by atoms with Gasteiger partial charge in [-0.25, -0.2) is 4.79 Å². The molecular weight excluding hydrogens is 494 g/mol. The molecule has 1 heterocycles. The lowest BCUT2D eigenvalue weighted by atomic mass is 9.79. The Morgan fingerprint density at radius 3 is 2.41 bits per heavy atom. The van der Waals surface area contributed by atoms with Crippen LogP contribution in [-0.2, 0) is 25.7 Å². The van der Waals surface area contributed by atoms with Crippen molar-refractivity contribution in [1.82, 2.24) is 9.80 Å². The van der Waals surface area contributed by atoms with Gasteiger partial charge in [-0.05, 0) is 37.2 Å². The lowest BCUT2D eigenvalue weighted by Gasteiger charge is -2.33. The normalized spacial score (nSPS) is 17.3. The Hall–Kier alpha value is -3.03. The van der Waals surface area contributed by atoms with Gasteiger partial charge < -0.3 is 14.5 Å². The van der Waals surface area contributed by atoms with E-state index >= 15 is 0 Å². The maximum atomic E-state index is 13.5. The molecule has 1 aliphatic rings. The van der Waals surface area contributed by atoms with Gasteiger partial charge in [0.25, 0.3) is 0 Å². The van der Waals surface area contributed by atoms with Crippen LogP contribution in [0.15, 0.2) is 35.3 Å². The Bertz CT molecular complexity index is 999. The van der Waals surface area contributed by atoms with Crippen LogP contribution in [-0.4, -0.2) is 65.9 Å². The van der Waals surface area contributed by atoms with Gasteiger partial charge in [0.2, 0.25) is 11.8 Å². The van der Waals surface area contributed by atoms with Gasteiger partial charge in [0.1, 0.15) is 18.4 Å². The molecule has 39 heavy (non-hydrogen) atoms. The molecule has 0 saturated carbocycles. The van der Waals surface area contributed by atoms with E-state index in [2.05, 4.69) is 18.8 Å². The highest BCUT2D eigenvalue weighted by Crippen LogP contribution is 2.27. The number of benzene rings is 1. The number of likely N-dealkylation sites (tertiary alicyclic amines) is 1. The second kappa shape index (κ2) is 14.9. The molecule has 1 aromatic rings. The average molecular weight is 542 g/mol. The summed E-state index contributed by atoms with van der Waals surface area (Å²) in [6.07, 6.45) is 3.85. The van der Waals surface area contributed by atoms with Crippen molar-refractivity contribution in [2.75, 3.05) is 20.1 Å². The SMILES string of the molecule is CCC[C@H](C=NC(=O)OCc1ccccc1)C(=O)N1CCC[C@H]1C(=O)N(C)C[C@H](CC(C)C)C(=O)C(C)(C)C. The molecule has 8 nitrogen and oxygen atoms in total. The first kappa shape index (κ1) is 32.2. The number of rotatable bonds is 12. The molecule has 3 amide bonds. The number of amides is 3. The Morgan fingerprint density at radius 1 is 1.15 bits per heavy atom. The zero-order valence-electron chi connectivity index (χ0n) is 24.8. The number of ether oxygens (including phenoxy) is 1. The van der Waals surface area contributed by atoms with Crippen LogP contribution < -0.4 is 0 Å². The van der Waals surface area contributed by atoms with Crippen molar-refractivity contribution >= 4 is 29.9 Å². The van der Waals surface area contributed by atoms with Gasteiger partial charge in [-0.15, -0.1) is 0 Å². The number of hydrogen-bond acceptors (Lipinski definition) is 5. The molecule has 216 valence electrons. The molecule has 1 aromatic carbocycles. The lowest BCUT2D eigenvalue weighted by molar-refractivity contribution is -0.145. The third-order valence-corrected chi connectivity index (χ3v) is 7.04. The Morgan fingerprint density at radius 2 is 1.82 bits per heavy atom. The number of nitrogens with zero attached hydrogens (tertiary/aromatic N) is 3. The Labute approximate surface area is 234 Å². The summed E-state index contributed by atoms with van der Waals surface area (Å²) < 4.78 is 5.21. The summed E-state index contributed by atoms with van der Waals surface area (Å²) in [6, 6.07) is 8.73. The number of aliphatic imine (C=N–C) groups is 1. The van der Waals surface area contributed by atoms with Crippen LogP contribution >= 0.6 is 0 Å². The molecule has 1 aliphatic heterocycles. The van der Waals surface area contributed by atoms with Crippen LogP contribution in [0.3, 0.4) is 0 Å². The fraction of sp³-hybridized carbons (Fsp3) is 0.645. The van der Waals surface area contributed by atoms with Crippen molar-refractivity contribution in [2.45, 2.75) is 86.3 Å². The van der Waals surface area contributed by atoms with Gasteiger partial charge in [-0.1, -0.05) is 78.3 Å². The highest BCUT2D eigenvalue weighted by atomic mass is 16.5. The van der Waals surface area contributed by atoms with Gasteiger partial charge in [0.05, 0.1) is 5.92 Å². The third-order valence-electron chi connectivity index (χ3n) is 7.04. The minimum Gasteiger partial charge on any atom is -0.443 e. The number of carbonyl (C=O) groups is 4. The molecule has 0 spiro atoms. The van der Waals surface area contributed by atoms with Crippen molar-refractivity contribution < 1.29 is 23.9 Å². The van der Waals surface area contributed by atoms with Crippen molar-refractivity contribution in [3.8, 4) is 0 Å². The van der Waals surface area contributed by atoms with Crippen LogP contribution in [0.1, 0.15) is 79.2 Å². The standard InChI is InChI=1S/C31H47N3O5/c1-8-13-24(19-32-30(38)39-21-23-14-10-9-11-15-23)28(36)34-17-12-16-26(34)29(37)33(7)20-25(18-22(2)3)27(35)31(4,5)6/h9-11,14-15,19,22,24-26H,8,12-13,16-18,20-21H2,1-7H3/t24-,25+,26+/m1/s1. The topological polar surface area (TPSA) is 96.3 Å². The van der Waals surface area contributed by atoms with E-state index in [4.69, 9.17) is 4.74 Å². The molecule has 0 bridgehead atoms. The van der Waals surface area contributed by atoms with Crippen LogP contribution in [0.4, 0.5) is 4.79 Å². The van der Waals surface area contributed by atoms with Gasteiger partial charge in [0.15, 0.2) is 0 Å². The first-order valence-corrected chi connectivity index (χ1v) is 14.2. The largest absolute Gasteiger partial charge is 0.443 e. The zero-order valence-corrected chi connectivity index (χ0v) is 24.8. The molecule has 3 atom stereocenters. The van der Waals surface area contributed by atoms with Crippen LogP contribution in [0.2, 0.25) is 0 Å². The van der Waals surface area contributed by atoms with Crippen LogP contribution in [0, 0.1) is 23.2 Å². The molecule has 0 aliphatic carbocycles. The van der Waals surface area contributed by atoms with Gasteiger partial charge in [-0.3, -0.25) is 14.4 Å². The predicted molar refractivity (Wildman–Crippen MR) is 153 cm³/mol. The first-order chi connectivity index (χ1) is 18.3. The minimum atomic E-state index is -0.749. The summed E-state index contributed by atoms with van der Waals surface area (Å²) in [5, 5.41) is 0. The van der Waals surface area contributed by atoms with Crippen molar-refractivity contribution in [3.63, 3.8) is 0 Å². The van der Waals surface area contributed by atoms with E-state index in [-0.39, 0.29) is 30.1 Å². The highest BCUT2D eigenvalue weighted by Gasteiger charge is 2.39. The molecular formula is C31H47N3O5. The summed E-state index contributed by atoms with van der Waals surface area (Å²) in [5.74, 6) is -0.757. The third kappa shape index (κ3) is 9.90. The van der Waals surface area contributed by atoms with E-state index in [1.807, 2.05) is 58.0 Å². The number of likely N-dealkylation sites (N-methyl/N-ethyl adjacent to an activating group) is 1. The second-order valence-corrected chi connectivity index (χ2v) is 12.1. The Balaban J connectivity index is 2.08. The van der Waals surface area contributed by atoms with E-state index in [9.17, 15) is 19.2 Å². The molecule has 0 N–H and O–H groups in total. The Kier molecular flexibility index (Phi) is 12.3. The maximum absolute atomic E-state index is 13.5. The molecule has 0 unspecified atom stereocenters. The molecule has 0 radical (unpaired) electrons. The van der Waals surface area contributed by atoms with E-state index < -0.39 is 23.5 Å². The highest BCUT2D eigenvalue weighted by molar-refractivity contribution is 5.98. The summed E-state index contributed by atoms with van der Waals surface area (Å²) in [6.45, 7) is 12.8. The minimum absolute atomic E-state index is 0.105. The second-order valence-electron chi connectivity index (χ2n) is 12.1. The molecule has 8 heteroatoms. The monoisotopic (exact) mass is 541 g/mol. The zero-order chi connectivity index (χ0) is 29.2. The van der Waals surface area contributed by atoms with Gasteiger partial charge in [-0.2, -0.15) is 4.99 Å².